The van der Waals surface area contributed by atoms with Gasteiger partial charge < -0.3 is 4.74 Å². The first-order chi connectivity index (χ1) is 8.98. The van der Waals surface area contributed by atoms with Gasteiger partial charge >= 0.3 is 0 Å². The lowest BCUT2D eigenvalue weighted by Crippen LogP contribution is -2.32. The van der Waals surface area contributed by atoms with Crippen molar-refractivity contribution in [3.8, 4) is 0 Å². The fourth-order valence-corrected chi connectivity index (χ4v) is 3.11. The largest absolute Gasteiger partial charge is 0.479 e. The zero-order valence-corrected chi connectivity index (χ0v) is 12.3. The Morgan fingerprint density at radius 1 is 1.42 bits per heavy atom. The second-order valence-corrected chi connectivity index (χ2v) is 6.36. The van der Waals surface area contributed by atoms with Crippen LogP contribution in [0.25, 0.3) is 0 Å². The molecule has 4 heteroatoms. The first-order valence-electron chi connectivity index (χ1n) is 6.50. The zero-order chi connectivity index (χ0) is 14.0. The molecule has 2 atom stereocenters. The second kappa shape index (κ2) is 5.37. The van der Waals surface area contributed by atoms with Crippen molar-refractivity contribution >= 4 is 22.7 Å². The van der Waals surface area contributed by atoms with Crippen LogP contribution in [0.3, 0.4) is 0 Å². The molecule has 0 fully saturated rings. The van der Waals surface area contributed by atoms with Gasteiger partial charge in [-0.05, 0) is 19.4 Å². The zero-order valence-electron chi connectivity index (χ0n) is 11.4. The van der Waals surface area contributed by atoms with Crippen LogP contribution >= 0.6 is 11.8 Å². The standard InChI is InChI=1S/C15H18O3S/c1-4-5-6-7-8-15(3)13(16)12-11(18-15)9-10(2)19-14(12)17/h5-8,10H,4,9H2,1-3H3/b6-5+,8-7+. The van der Waals surface area contributed by atoms with Gasteiger partial charge in [-0.3, -0.25) is 9.59 Å². The molecule has 0 aromatic heterocycles. The van der Waals surface area contributed by atoms with Gasteiger partial charge in [0.1, 0.15) is 11.3 Å². The van der Waals surface area contributed by atoms with Crippen LogP contribution in [0.15, 0.2) is 35.6 Å². The number of rotatable bonds is 3. The molecule has 0 amide bonds. The fourth-order valence-electron chi connectivity index (χ4n) is 2.19. The SMILES string of the molecule is CC/C=C/C=C/C1(C)OC2=C(C(=O)SC(C)C2)C1=O. The van der Waals surface area contributed by atoms with Gasteiger partial charge in [0.05, 0.1) is 0 Å². The van der Waals surface area contributed by atoms with Crippen LogP contribution < -0.4 is 0 Å². The van der Waals surface area contributed by atoms with E-state index in [1.54, 1.807) is 19.1 Å². The first-order valence-corrected chi connectivity index (χ1v) is 7.38. The molecule has 0 aromatic rings. The maximum Gasteiger partial charge on any atom is 0.226 e. The van der Waals surface area contributed by atoms with E-state index in [9.17, 15) is 9.59 Å². The summed E-state index contributed by atoms with van der Waals surface area (Å²) in [5.41, 5.74) is -0.766. The smallest absolute Gasteiger partial charge is 0.226 e. The third-order valence-corrected chi connectivity index (χ3v) is 4.16. The lowest BCUT2D eigenvalue weighted by Gasteiger charge is -2.20. The number of carbonyl (C=O) groups is 2. The summed E-state index contributed by atoms with van der Waals surface area (Å²) < 4.78 is 5.76. The minimum absolute atomic E-state index is 0.153. The minimum atomic E-state index is -1.02. The van der Waals surface area contributed by atoms with E-state index in [1.807, 2.05) is 26.0 Å². The molecule has 2 aliphatic rings. The van der Waals surface area contributed by atoms with E-state index in [0.717, 1.165) is 6.42 Å². The van der Waals surface area contributed by atoms with Gasteiger partial charge in [-0.1, -0.05) is 43.8 Å². The molecule has 0 radical (unpaired) electrons. The van der Waals surface area contributed by atoms with Crippen molar-refractivity contribution in [2.75, 3.05) is 0 Å². The highest BCUT2D eigenvalue weighted by Gasteiger charge is 2.48. The highest BCUT2D eigenvalue weighted by atomic mass is 32.2. The average molecular weight is 278 g/mol. The fraction of sp³-hybridized carbons (Fsp3) is 0.467. The number of carbonyl (C=O) groups excluding carboxylic acids is 2. The normalized spacial score (nSPS) is 31.4. The number of thioether (sulfide) groups is 1. The molecular formula is C15H18O3S. The molecule has 2 rings (SSSR count). The Bertz CT molecular complexity index is 502. The van der Waals surface area contributed by atoms with Crippen molar-refractivity contribution in [2.45, 2.75) is 44.5 Å². The molecule has 0 spiro atoms. The summed E-state index contributed by atoms with van der Waals surface area (Å²) in [4.78, 5) is 24.3. The predicted molar refractivity (Wildman–Crippen MR) is 76.8 cm³/mol. The number of Topliss-reactive ketones (excluding diaryl/α,β-unsaturated/α-hetero) is 1. The summed E-state index contributed by atoms with van der Waals surface area (Å²) in [5.74, 6) is 0.348. The van der Waals surface area contributed by atoms with Crippen LogP contribution in [0.1, 0.15) is 33.6 Å². The molecule has 2 aliphatic heterocycles. The molecule has 0 bridgehead atoms. The molecule has 2 unspecified atom stereocenters. The maximum absolute atomic E-state index is 12.3. The number of ketones is 1. The van der Waals surface area contributed by atoms with Gasteiger partial charge in [0.2, 0.25) is 10.9 Å². The highest BCUT2D eigenvalue weighted by molar-refractivity contribution is 8.14. The Morgan fingerprint density at radius 2 is 2.16 bits per heavy atom. The Morgan fingerprint density at radius 3 is 2.84 bits per heavy atom. The maximum atomic E-state index is 12.3. The van der Waals surface area contributed by atoms with Crippen LogP contribution in [-0.2, 0) is 14.3 Å². The third kappa shape index (κ3) is 2.68. The summed E-state index contributed by atoms with van der Waals surface area (Å²) in [6.07, 6.45) is 9.00. The molecule has 3 nitrogen and oxygen atoms in total. The topological polar surface area (TPSA) is 43.4 Å². The van der Waals surface area contributed by atoms with Gasteiger partial charge in [0.25, 0.3) is 0 Å². The van der Waals surface area contributed by atoms with E-state index in [-0.39, 0.29) is 21.7 Å². The Kier molecular flexibility index (Phi) is 3.99. The Hall–Kier alpha value is -1.29. The highest BCUT2D eigenvalue weighted by Crippen LogP contribution is 2.41. The molecule has 0 N–H and O–H groups in total. The average Bonchev–Trinajstić information content (AvgIpc) is 2.57. The molecular weight excluding hydrogens is 260 g/mol. The van der Waals surface area contributed by atoms with Crippen molar-refractivity contribution in [1.82, 2.24) is 0 Å². The molecule has 0 saturated carbocycles. The van der Waals surface area contributed by atoms with Gasteiger partial charge in [-0.25, -0.2) is 0 Å². The summed E-state index contributed by atoms with van der Waals surface area (Å²) in [6, 6.07) is 0. The monoisotopic (exact) mass is 278 g/mol. The molecule has 0 aliphatic carbocycles. The number of allylic oxidation sites excluding steroid dienone is 4. The molecule has 2 heterocycles. The van der Waals surface area contributed by atoms with Crippen molar-refractivity contribution in [1.29, 1.82) is 0 Å². The summed E-state index contributed by atoms with van der Waals surface area (Å²) in [7, 11) is 0. The van der Waals surface area contributed by atoms with Crippen molar-refractivity contribution in [3.63, 3.8) is 0 Å². The van der Waals surface area contributed by atoms with Gasteiger partial charge in [0.15, 0.2) is 5.60 Å². The number of ether oxygens (including phenoxy) is 1. The Labute approximate surface area is 117 Å². The molecule has 102 valence electrons. The van der Waals surface area contributed by atoms with Crippen LogP contribution in [0.2, 0.25) is 0 Å². The van der Waals surface area contributed by atoms with Gasteiger partial charge in [-0.2, -0.15) is 0 Å². The minimum Gasteiger partial charge on any atom is -0.479 e. The van der Waals surface area contributed by atoms with E-state index in [2.05, 4.69) is 0 Å². The van der Waals surface area contributed by atoms with Crippen molar-refractivity contribution < 1.29 is 14.3 Å². The first kappa shape index (κ1) is 14.1. The van der Waals surface area contributed by atoms with Crippen LogP contribution in [0, 0.1) is 0 Å². The summed E-state index contributed by atoms with van der Waals surface area (Å²) in [5, 5.41) is 0.0188. The van der Waals surface area contributed by atoms with Gasteiger partial charge in [0, 0.05) is 11.7 Å². The lowest BCUT2D eigenvalue weighted by atomic mass is 9.96. The Balaban J connectivity index is 2.22. The van der Waals surface area contributed by atoms with E-state index >= 15 is 0 Å². The lowest BCUT2D eigenvalue weighted by molar-refractivity contribution is -0.126. The molecule has 19 heavy (non-hydrogen) atoms. The quantitative estimate of drug-likeness (QED) is 0.587. The summed E-state index contributed by atoms with van der Waals surface area (Å²) >= 11 is 1.22. The van der Waals surface area contributed by atoms with E-state index < -0.39 is 5.60 Å². The molecule has 0 saturated heterocycles. The second-order valence-electron chi connectivity index (χ2n) is 4.95. The molecule has 0 aromatic carbocycles. The van der Waals surface area contributed by atoms with E-state index in [4.69, 9.17) is 4.74 Å². The third-order valence-electron chi connectivity index (χ3n) is 3.17. The van der Waals surface area contributed by atoms with E-state index in [1.165, 1.54) is 11.8 Å². The van der Waals surface area contributed by atoms with E-state index in [0.29, 0.717) is 12.2 Å². The summed E-state index contributed by atoms with van der Waals surface area (Å²) in [6.45, 7) is 5.73. The number of hydrogen-bond donors (Lipinski definition) is 0. The van der Waals surface area contributed by atoms with Gasteiger partial charge in [-0.15, -0.1) is 0 Å². The number of hydrogen-bond acceptors (Lipinski definition) is 4. The predicted octanol–water partition coefficient (Wildman–Crippen LogP) is 3.17. The van der Waals surface area contributed by atoms with Crippen molar-refractivity contribution in [2.24, 2.45) is 0 Å². The van der Waals surface area contributed by atoms with Crippen LogP contribution in [0.4, 0.5) is 0 Å². The van der Waals surface area contributed by atoms with Crippen LogP contribution in [0.5, 0.6) is 0 Å². The van der Waals surface area contributed by atoms with Crippen molar-refractivity contribution in [3.05, 3.63) is 35.6 Å². The van der Waals surface area contributed by atoms with Crippen LogP contribution in [-0.4, -0.2) is 21.7 Å².